The van der Waals surface area contributed by atoms with Gasteiger partial charge in [-0.1, -0.05) is 0 Å². The number of rotatable bonds is 4. The summed E-state index contributed by atoms with van der Waals surface area (Å²) in [4.78, 5) is 0. The van der Waals surface area contributed by atoms with Crippen molar-refractivity contribution >= 4 is 0 Å². The molecule has 0 saturated heterocycles. The predicted octanol–water partition coefficient (Wildman–Crippen LogP) is 2.86. The molecule has 16 heavy (non-hydrogen) atoms. The Balaban J connectivity index is 2.52. The molecule has 0 aromatic heterocycles. The van der Waals surface area contributed by atoms with Crippen LogP contribution in [0.4, 0.5) is 13.2 Å². The molecular formula is C11H13F3O2. The normalized spacial score (nSPS) is 13.6. The monoisotopic (exact) mass is 234 g/mol. The van der Waals surface area contributed by atoms with Crippen molar-refractivity contribution in [2.75, 3.05) is 6.61 Å². The fourth-order valence-corrected chi connectivity index (χ4v) is 1.09. The molecule has 0 aliphatic carbocycles. The largest absolute Gasteiger partial charge is 0.493 e. The summed E-state index contributed by atoms with van der Waals surface area (Å²) in [5, 5.41) is 8.95. The lowest BCUT2D eigenvalue weighted by Gasteiger charge is -2.09. The van der Waals surface area contributed by atoms with Gasteiger partial charge in [-0.25, -0.2) is 0 Å². The van der Waals surface area contributed by atoms with Crippen LogP contribution in [0.25, 0.3) is 0 Å². The van der Waals surface area contributed by atoms with Gasteiger partial charge in [0.25, 0.3) is 0 Å². The van der Waals surface area contributed by atoms with E-state index in [9.17, 15) is 13.2 Å². The molecule has 90 valence electrons. The number of alkyl halides is 3. The van der Waals surface area contributed by atoms with E-state index in [2.05, 4.69) is 0 Å². The molecular weight excluding hydrogens is 221 g/mol. The van der Waals surface area contributed by atoms with Crippen LogP contribution >= 0.6 is 0 Å². The first kappa shape index (κ1) is 12.8. The van der Waals surface area contributed by atoms with Crippen molar-refractivity contribution in [3.8, 4) is 5.75 Å². The van der Waals surface area contributed by atoms with Crippen LogP contribution in [0.1, 0.15) is 18.9 Å². The maximum Gasteiger partial charge on any atom is 0.416 e. The third-order valence-corrected chi connectivity index (χ3v) is 1.99. The van der Waals surface area contributed by atoms with Crippen molar-refractivity contribution in [1.82, 2.24) is 0 Å². The van der Waals surface area contributed by atoms with Crippen LogP contribution in [0.2, 0.25) is 0 Å². The lowest BCUT2D eigenvalue weighted by molar-refractivity contribution is -0.137. The number of hydrogen-bond donors (Lipinski definition) is 1. The Morgan fingerprint density at radius 1 is 1.25 bits per heavy atom. The van der Waals surface area contributed by atoms with E-state index >= 15 is 0 Å². The van der Waals surface area contributed by atoms with Gasteiger partial charge in [-0.05, 0) is 31.2 Å². The quantitative estimate of drug-likeness (QED) is 0.868. The van der Waals surface area contributed by atoms with Crippen LogP contribution in [-0.4, -0.2) is 17.8 Å². The van der Waals surface area contributed by atoms with Gasteiger partial charge in [0.2, 0.25) is 0 Å². The molecule has 1 N–H and O–H groups in total. The third-order valence-electron chi connectivity index (χ3n) is 1.99. The zero-order chi connectivity index (χ0) is 12.2. The molecule has 2 nitrogen and oxygen atoms in total. The van der Waals surface area contributed by atoms with E-state index in [0.717, 1.165) is 12.1 Å². The van der Waals surface area contributed by atoms with Crippen molar-refractivity contribution in [3.05, 3.63) is 29.8 Å². The van der Waals surface area contributed by atoms with Gasteiger partial charge in [-0.3, -0.25) is 0 Å². The minimum Gasteiger partial charge on any atom is -0.493 e. The smallest absolute Gasteiger partial charge is 0.416 e. The second-order valence-corrected chi connectivity index (χ2v) is 3.51. The van der Waals surface area contributed by atoms with Gasteiger partial charge in [0.1, 0.15) is 5.75 Å². The van der Waals surface area contributed by atoms with Crippen LogP contribution in [0.5, 0.6) is 5.75 Å². The predicted molar refractivity (Wildman–Crippen MR) is 53.2 cm³/mol. The summed E-state index contributed by atoms with van der Waals surface area (Å²) < 4.78 is 41.8. The highest BCUT2D eigenvalue weighted by Crippen LogP contribution is 2.30. The summed E-state index contributed by atoms with van der Waals surface area (Å²) in [5.74, 6) is 0.369. The summed E-state index contributed by atoms with van der Waals surface area (Å²) in [6, 6.07) is 4.48. The van der Waals surface area contributed by atoms with E-state index in [1.165, 1.54) is 12.1 Å². The number of benzene rings is 1. The van der Waals surface area contributed by atoms with Gasteiger partial charge >= 0.3 is 6.18 Å². The van der Waals surface area contributed by atoms with E-state index in [4.69, 9.17) is 9.84 Å². The third kappa shape index (κ3) is 4.10. The van der Waals surface area contributed by atoms with Crippen LogP contribution < -0.4 is 4.74 Å². The van der Waals surface area contributed by atoms with Gasteiger partial charge in [0.15, 0.2) is 0 Å². The highest BCUT2D eigenvalue weighted by Gasteiger charge is 2.29. The Kier molecular flexibility index (Phi) is 4.18. The number of aliphatic hydroxyl groups excluding tert-OH is 1. The first-order valence-corrected chi connectivity index (χ1v) is 4.87. The number of halogens is 3. The molecule has 0 radical (unpaired) electrons. The van der Waals surface area contributed by atoms with Crippen molar-refractivity contribution in [1.29, 1.82) is 0 Å². The van der Waals surface area contributed by atoms with Crippen LogP contribution in [0, 0.1) is 0 Å². The number of ether oxygens (including phenoxy) is 1. The summed E-state index contributed by atoms with van der Waals surface area (Å²) in [6.45, 7) is 1.90. The Bertz CT molecular complexity index is 317. The highest BCUT2D eigenvalue weighted by atomic mass is 19.4. The van der Waals surface area contributed by atoms with E-state index < -0.39 is 17.8 Å². The minimum absolute atomic E-state index is 0.281. The molecule has 0 aliphatic heterocycles. The minimum atomic E-state index is -4.32. The fourth-order valence-electron chi connectivity index (χ4n) is 1.09. The number of hydrogen-bond acceptors (Lipinski definition) is 2. The standard InChI is InChI=1S/C11H13F3O2/c1-8(15)6-7-16-10-4-2-9(3-5-10)11(12,13)14/h2-5,8,15H,6-7H2,1H3. The molecule has 0 saturated carbocycles. The molecule has 0 aliphatic rings. The first-order valence-electron chi connectivity index (χ1n) is 4.87. The molecule has 1 unspecified atom stereocenters. The Hall–Kier alpha value is -1.23. The lowest BCUT2D eigenvalue weighted by atomic mass is 10.2. The van der Waals surface area contributed by atoms with E-state index in [0.29, 0.717) is 12.2 Å². The fraction of sp³-hybridized carbons (Fsp3) is 0.455. The van der Waals surface area contributed by atoms with E-state index in [1.54, 1.807) is 6.92 Å². The van der Waals surface area contributed by atoms with Crippen molar-refractivity contribution < 1.29 is 23.0 Å². The van der Waals surface area contributed by atoms with Crippen LogP contribution in [-0.2, 0) is 6.18 Å². The van der Waals surface area contributed by atoms with E-state index in [-0.39, 0.29) is 6.61 Å². The van der Waals surface area contributed by atoms with Crippen molar-refractivity contribution in [3.63, 3.8) is 0 Å². The van der Waals surface area contributed by atoms with Crippen LogP contribution in [0.15, 0.2) is 24.3 Å². The van der Waals surface area contributed by atoms with Crippen molar-refractivity contribution in [2.24, 2.45) is 0 Å². The summed E-state index contributed by atoms with van der Waals surface area (Å²) in [5.41, 5.74) is -0.699. The van der Waals surface area contributed by atoms with Gasteiger partial charge in [0.05, 0.1) is 18.3 Å². The maximum absolute atomic E-state index is 12.2. The zero-order valence-electron chi connectivity index (χ0n) is 8.79. The molecule has 1 atom stereocenters. The van der Waals surface area contributed by atoms with Gasteiger partial charge < -0.3 is 9.84 Å². The Morgan fingerprint density at radius 2 is 1.81 bits per heavy atom. The molecule has 0 bridgehead atoms. The molecule has 1 aromatic rings. The Morgan fingerprint density at radius 3 is 2.25 bits per heavy atom. The molecule has 1 aromatic carbocycles. The highest BCUT2D eigenvalue weighted by molar-refractivity contribution is 5.28. The molecule has 5 heteroatoms. The summed E-state index contributed by atoms with van der Waals surface area (Å²) >= 11 is 0. The van der Waals surface area contributed by atoms with Gasteiger partial charge in [-0.2, -0.15) is 13.2 Å². The SMILES string of the molecule is CC(O)CCOc1ccc(C(F)(F)F)cc1. The second-order valence-electron chi connectivity index (χ2n) is 3.51. The topological polar surface area (TPSA) is 29.5 Å². The molecule has 0 spiro atoms. The average Bonchev–Trinajstić information content (AvgIpc) is 2.16. The average molecular weight is 234 g/mol. The van der Waals surface area contributed by atoms with Gasteiger partial charge in [0, 0.05) is 6.42 Å². The molecule has 1 rings (SSSR count). The maximum atomic E-state index is 12.2. The molecule has 0 heterocycles. The lowest BCUT2D eigenvalue weighted by Crippen LogP contribution is -2.08. The first-order chi connectivity index (χ1) is 7.39. The molecule has 0 fully saturated rings. The number of aliphatic hydroxyl groups is 1. The zero-order valence-corrected chi connectivity index (χ0v) is 8.79. The summed E-state index contributed by atoms with van der Waals surface area (Å²) in [6.07, 6.45) is -4.35. The Labute approximate surface area is 91.7 Å². The van der Waals surface area contributed by atoms with Crippen LogP contribution in [0.3, 0.4) is 0 Å². The van der Waals surface area contributed by atoms with E-state index in [1.807, 2.05) is 0 Å². The second kappa shape index (κ2) is 5.21. The van der Waals surface area contributed by atoms with Crippen molar-refractivity contribution in [2.45, 2.75) is 25.6 Å². The molecule has 0 amide bonds. The van der Waals surface area contributed by atoms with Gasteiger partial charge in [-0.15, -0.1) is 0 Å². The summed E-state index contributed by atoms with van der Waals surface area (Å²) in [7, 11) is 0.